The fourth-order valence-electron chi connectivity index (χ4n) is 4.70. The Morgan fingerprint density at radius 1 is 0.846 bits per heavy atom. The molecule has 2 aliphatic heterocycles. The van der Waals surface area contributed by atoms with Crippen LogP contribution in [0, 0.1) is 5.92 Å². The Morgan fingerprint density at radius 3 is 2.08 bits per heavy atom. The van der Waals surface area contributed by atoms with Crippen LogP contribution in [0.3, 0.4) is 0 Å². The van der Waals surface area contributed by atoms with Gasteiger partial charge in [0.25, 0.3) is 0 Å². The molecule has 2 unspecified atom stereocenters. The predicted octanol–water partition coefficient (Wildman–Crippen LogP) is 4.18. The van der Waals surface area contributed by atoms with Crippen molar-refractivity contribution >= 4 is 34.6 Å². The highest BCUT2D eigenvalue weighted by Crippen LogP contribution is 2.56. The quantitative estimate of drug-likeness (QED) is 0.851. The molecule has 26 heavy (non-hydrogen) atoms. The average Bonchev–Trinajstić information content (AvgIpc) is 3.25. The molecule has 2 atom stereocenters. The van der Waals surface area contributed by atoms with Gasteiger partial charge in [-0.05, 0) is 54.8 Å². The normalized spacial score (nSPS) is 27.5. The standard InChI is InChI=1S/C21H23Cl2N3/c22-19-6-5-18(11-20(19)23)26-9-7-25(8-10-26)17-3-1-15(2-4-17)21-12-16(21)13-24-14-21/h1-6,11,16,24H,7-10,12-14H2. The summed E-state index contributed by atoms with van der Waals surface area (Å²) in [6, 6.07) is 15.2. The van der Waals surface area contributed by atoms with Crippen LogP contribution in [0.1, 0.15) is 12.0 Å². The van der Waals surface area contributed by atoms with Gasteiger partial charge in [0.2, 0.25) is 0 Å². The fraction of sp³-hybridized carbons (Fsp3) is 0.429. The van der Waals surface area contributed by atoms with Crippen molar-refractivity contribution in [2.24, 2.45) is 5.92 Å². The first kappa shape index (κ1) is 16.7. The van der Waals surface area contributed by atoms with E-state index in [1.807, 2.05) is 12.1 Å². The van der Waals surface area contributed by atoms with Gasteiger partial charge in [0, 0.05) is 49.5 Å². The summed E-state index contributed by atoms with van der Waals surface area (Å²) in [5.74, 6) is 0.864. The molecule has 2 aromatic rings. The van der Waals surface area contributed by atoms with Crippen molar-refractivity contribution in [2.45, 2.75) is 11.8 Å². The third-order valence-corrected chi connectivity index (χ3v) is 7.16. The molecule has 1 N–H and O–H groups in total. The largest absolute Gasteiger partial charge is 0.368 e. The van der Waals surface area contributed by atoms with Crippen molar-refractivity contribution in [2.75, 3.05) is 49.1 Å². The average molecular weight is 388 g/mol. The van der Waals surface area contributed by atoms with Gasteiger partial charge in [0.05, 0.1) is 10.0 Å². The number of anilines is 2. The van der Waals surface area contributed by atoms with Crippen molar-refractivity contribution in [3.05, 3.63) is 58.1 Å². The van der Waals surface area contributed by atoms with Crippen molar-refractivity contribution in [1.82, 2.24) is 5.32 Å². The molecular formula is C21H23Cl2N3. The molecule has 3 fully saturated rings. The number of halogens is 2. The number of nitrogens with one attached hydrogen (secondary N) is 1. The van der Waals surface area contributed by atoms with Crippen LogP contribution in [-0.2, 0) is 5.41 Å². The van der Waals surface area contributed by atoms with E-state index in [9.17, 15) is 0 Å². The summed E-state index contributed by atoms with van der Waals surface area (Å²) in [4.78, 5) is 4.86. The van der Waals surface area contributed by atoms with Crippen molar-refractivity contribution in [3.8, 4) is 0 Å². The van der Waals surface area contributed by atoms with E-state index in [0.717, 1.165) is 44.3 Å². The molecule has 3 aliphatic rings. The summed E-state index contributed by atoms with van der Waals surface area (Å²) in [6.45, 7) is 6.38. The summed E-state index contributed by atoms with van der Waals surface area (Å²) in [5.41, 5.74) is 4.46. The lowest BCUT2D eigenvalue weighted by Gasteiger charge is -2.37. The van der Waals surface area contributed by atoms with Gasteiger partial charge in [-0.25, -0.2) is 0 Å². The molecule has 2 heterocycles. The first-order chi connectivity index (χ1) is 12.7. The smallest absolute Gasteiger partial charge is 0.0612 e. The van der Waals surface area contributed by atoms with Gasteiger partial charge in [-0.3, -0.25) is 0 Å². The summed E-state index contributed by atoms with van der Waals surface area (Å²) in [6.07, 6.45) is 1.36. The molecule has 1 aliphatic carbocycles. The van der Waals surface area contributed by atoms with Crippen LogP contribution >= 0.6 is 23.2 Å². The van der Waals surface area contributed by atoms with Crippen LogP contribution in [0.4, 0.5) is 11.4 Å². The lowest BCUT2D eigenvalue weighted by molar-refractivity contribution is 0.652. The Bertz CT molecular complexity index is 815. The topological polar surface area (TPSA) is 18.5 Å². The molecule has 0 amide bonds. The highest BCUT2D eigenvalue weighted by Gasteiger charge is 2.57. The fourth-order valence-corrected chi connectivity index (χ4v) is 4.99. The third kappa shape index (κ3) is 2.77. The van der Waals surface area contributed by atoms with Crippen molar-refractivity contribution in [1.29, 1.82) is 0 Å². The van der Waals surface area contributed by atoms with E-state index in [1.54, 1.807) is 0 Å². The van der Waals surface area contributed by atoms with Crippen LogP contribution in [0.5, 0.6) is 0 Å². The number of benzene rings is 2. The van der Waals surface area contributed by atoms with E-state index in [1.165, 1.54) is 24.2 Å². The molecular weight excluding hydrogens is 365 g/mol. The Labute approximate surface area is 164 Å². The minimum atomic E-state index is 0.449. The van der Waals surface area contributed by atoms with Gasteiger partial charge < -0.3 is 15.1 Å². The second-order valence-electron chi connectivity index (χ2n) is 7.81. The van der Waals surface area contributed by atoms with E-state index < -0.39 is 0 Å². The molecule has 0 aromatic heterocycles. The van der Waals surface area contributed by atoms with Crippen molar-refractivity contribution < 1.29 is 0 Å². The monoisotopic (exact) mass is 387 g/mol. The molecule has 3 nitrogen and oxygen atoms in total. The zero-order chi connectivity index (χ0) is 17.7. The number of fused-ring (bicyclic) bond motifs is 1. The second kappa shape index (κ2) is 6.33. The van der Waals surface area contributed by atoms with Gasteiger partial charge in [0.15, 0.2) is 0 Å². The Morgan fingerprint density at radius 2 is 1.50 bits per heavy atom. The van der Waals surface area contributed by atoms with E-state index in [0.29, 0.717) is 15.5 Å². The predicted molar refractivity (Wildman–Crippen MR) is 110 cm³/mol. The Balaban J connectivity index is 1.24. The minimum absolute atomic E-state index is 0.449. The van der Waals surface area contributed by atoms with E-state index in [4.69, 9.17) is 23.2 Å². The molecule has 5 rings (SSSR count). The van der Waals surface area contributed by atoms with Crippen LogP contribution in [0.25, 0.3) is 0 Å². The first-order valence-corrected chi connectivity index (χ1v) is 10.2. The van der Waals surface area contributed by atoms with Gasteiger partial charge in [-0.1, -0.05) is 35.3 Å². The maximum Gasteiger partial charge on any atom is 0.0612 e. The number of piperazine rings is 1. The lowest BCUT2D eigenvalue weighted by atomic mass is 9.95. The van der Waals surface area contributed by atoms with E-state index in [-0.39, 0.29) is 0 Å². The number of hydrogen-bond donors (Lipinski definition) is 1. The van der Waals surface area contributed by atoms with Crippen LogP contribution < -0.4 is 15.1 Å². The molecule has 0 spiro atoms. The molecule has 2 aromatic carbocycles. The first-order valence-electron chi connectivity index (χ1n) is 9.42. The SMILES string of the molecule is Clc1ccc(N2CCN(c3ccc(C45CNCC4C5)cc3)CC2)cc1Cl. The zero-order valence-corrected chi connectivity index (χ0v) is 16.2. The molecule has 0 bridgehead atoms. The van der Waals surface area contributed by atoms with Gasteiger partial charge >= 0.3 is 0 Å². The van der Waals surface area contributed by atoms with Crippen molar-refractivity contribution in [3.63, 3.8) is 0 Å². The minimum Gasteiger partial charge on any atom is -0.368 e. The summed E-state index contributed by atoms with van der Waals surface area (Å²) >= 11 is 12.2. The summed E-state index contributed by atoms with van der Waals surface area (Å²) in [5, 5.41) is 4.77. The molecule has 1 saturated carbocycles. The summed E-state index contributed by atoms with van der Waals surface area (Å²) < 4.78 is 0. The van der Waals surface area contributed by atoms with Crippen LogP contribution in [0.2, 0.25) is 10.0 Å². The highest BCUT2D eigenvalue weighted by atomic mass is 35.5. The number of nitrogens with zero attached hydrogens (tertiary/aromatic N) is 2. The molecule has 2 saturated heterocycles. The second-order valence-corrected chi connectivity index (χ2v) is 8.62. The van der Waals surface area contributed by atoms with Crippen LogP contribution in [0.15, 0.2) is 42.5 Å². The number of rotatable bonds is 3. The third-order valence-electron chi connectivity index (χ3n) is 6.42. The van der Waals surface area contributed by atoms with E-state index >= 15 is 0 Å². The maximum absolute atomic E-state index is 6.17. The zero-order valence-electron chi connectivity index (χ0n) is 14.7. The lowest BCUT2D eigenvalue weighted by Crippen LogP contribution is -2.46. The Kier molecular flexibility index (Phi) is 4.07. The molecule has 136 valence electrons. The number of hydrogen-bond acceptors (Lipinski definition) is 3. The Hall–Kier alpha value is -1.42. The maximum atomic E-state index is 6.17. The molecule has 0 radical (unpaired) electrons. The van der Waals surface area contributed by atoms with Gasteiger partial charge in [-0.15, -0.1) is 0 Å². The summed E-state index contributed by atoms with van der Waals surface area (Å²) in [7, 11) is 0. The number of piperidine rings is 1. The van der Waals surface area contributed by atoms with Crippen LogP contribution in [-0.4, -0.2) is 39.3 Å². The van der Waals surface area contributed by atoms with Gasteiger partial charge in [-0.2, -0.15) is 0 Å². The van der Waals surface area contributed by atoms with Gasteiger partial charge in [0.1, 0.15) is 0 Å². The van der Waals surface area contributed by atoms with E-state index in [2.05, 4.69) is 45.4 Å². The molecule has 5 heteroatoms. The highest BCUT2D eigenvalue weighted by molar-refractivity contribution is 6.42.